The van der Waals surface area contributed by atoms with Gasteiger partial charge in [0.05, 0.1) is 6.54 Å². The van der Waals surface area contributed by atoms with Gasteiger partial charge in [0, 0.05) is 45.3 Å². The van der Waals surface area contributed by atoms with Gasteiger partial charge in [0.25, 0.3) is 0 Å². The molecular weight excluding hydrogens is 477 g/mol. The SMILES string of the molecule is CCNC(=NCCc1cc(C)cc(C)c1)N1CCN(CC(=O)NC(C)C)CC1.I. The van der Waals surface area contributed by atoms with Crippen LogP contribution in [0, 0.1) is 13.8 Å². The van der Waals surface area contributed by atoms with Gasteiger partial charge in [-0.25, -0.2) is 0 Å². The van der Waals surface area contributed by atoms with E-state index in [0.717, 1.165) is 51.6 Å². The molecule has 1 saturated heterocycles. The predicted molar refractivity (Wildman–Crippen MR) is 132 cm³/mol. The van der Waals surface area contributed by atoms with E-state index in [1.165, 1.54) is 16.7 Å². The molecule has 164 valence electrons. The summed E-state index contributed by atoms with van der Waals surface area (Å²) >= 11 is 0. The highest BCUT2D eigenvalue weighted by Crippen LogP contribution is 2.10. The van der Waals surface area contributed by atoms with Gasteiger partial charge >= 0.3 is 0 Å². The van der Waals surface area contributed by atoms with Crippen LogP contribution in [0.4, 0.5) is 0 Å². The maximum Gasteiger partial charge on any atom is 0.234 e. The third kappa shape index (κ3) is 9.33. The molecule has 1 aliphatic heterocycles. The molecule has 1 aromatic rings. The Morgan fingerprint density at radius 2 is 1.72 bits per heavy atom. The Bertz CT molecular complexity index is 649. The van der Waals surface area contributed by atoms with Gasteiger partial charge in [-0.2, -0.15) is 0 Å². The van der Waals surface area contributed by atoms with E-state index in [4.69, 9.17) is 4.99 Å². The molecule has 0 radical (unpaired) electrons. The number of hydrogen-bond donors (Lipinski definition) is 2. The van der Waals surface area contributed by atoms with Crippen LogP contribution in [-0.4, -0.2) is 73.5 Å². The lowest BCUT2D eigenvalue weighted by atomic mass is 10.1. The molecule has 1 aromatic carbocycles. The number of benzene rings is 1. The van der Waals surface area contributed by atoms with Gasteiger partial charge in [0.2, 0.25) is 5.91 Å². The molecule has 0 atom stereocenters. The number of rotatable bonds is 7. The first-order chi connectivity index (χ1) is 13.4. The number of carbonyl (C=O) groups excluding carboxylic acids is 1. The molecule has 0 saturated carbocycles. The molecule has 1 fully saturated rings. The normalized spacial score (nSPS) is 15.2. The molecule has 29 heavy (non-hydrogen) atoms. The highest BCUT2D eigenvalue weighted by Gasteiger charge is 2.21. The molecule has 0 unspecified atom stereocenters. The highest BCUT2D eigenvalue weighted by atomic mass is 127. The van der Waals surface area contributed by atoms with Crippen LogP contribution in [0.3, 0.4) is 0 Å². The van der Waals surface area contributed by atoms with Crippen LogP contribution in [0.25, 0.3) is 0 Å². The van der Waals surface area contributed by atoms with Crippen LogP contribution in [-0.2, 0) is 11.2 Å². The lowest BCUT2D eigenvalue weighted by molar-refractivity contribution is -0.123. The van der Waals surface area contributed by atoms with Crippen LogP contribution in [0.1, 0.15) is 37.5 Å². The maximum atomic E-state index is 12.0. The van der Waals surface area contributed by atoms with Gasteiger partial charge in [-0.05, 0) is 46.6 Å². The Morgan fingerprint density at radius 3 is 2.28 bits per heavy atom. The molecule has 0 spiro atoms. The number of halogens is 1. The van der Waals surface area contributed by atoms with E-state index in [0.29, 0.717) is 6.54 Å². The smallest absolute Gasteiger partial charge is 0.234 e. The zero-order valence-corrected chi connectivity index (χ0v) is 21.0. The molecule has 0 aromatic heterocycles. The van der Waals surface area contributed by atoms with Gasteiger partial charge in [-0.1, -0.05) is 29.3 Å². The van der Waals surface area contributed by atoms with Crippen molar-refractivity contribution in [1.29, 1.82) is 0 Å². The average Bonchev–Trinajstić information content (AvgIpc) is 2.60. The first-order valence-corrected chi connectivity index (χ1v) is 10.5. The Balaban J connectivity index is 0.00000420. The van der Waals surface area contributed by atoms with Crippen molar-refractivity contribution in [2.24, 2.45) is 4.99 Å². The molecule has 0 aliphatic carbocycles. The number of aliphatic imine (C=N–C) groups is 1. The summed E-state index contributed by atoms with van der Waals surface area (Å²) in [5, 5.41) is 6.39. The summed E-state index contributed by atoms with van der Waals surface area (Å²) in [6.45, 7) is 16.0. The van der Waals surface area contributed by atoms with Gasteiger partial charge in [0.15, 0.2) is 5.96 Å². The zero-order chi connectivity index (χ0) is 20.5. The fourth-order valence-corrected chi connectivity index (χ4v) is 3.62. The van der Waals surface area contributed by atoms with Crippen molar-refractivity contribution in [2.45, 2.75) is 47.1 Å². The van der Waals surface area contributed by atoms with Crippen LogP contribution in [0.2, 0.25) is 0 Å². The first-order valence-electron chi connectivity index (χ1n) is 10.5. The third-order valence-corrected chi connectivity index (χ3v) is 4.77. The molecule has 7 heteroatoms. The monoisotopic (exact) mass is 515 g/mol. The molecule has 1 amide bonds. The summed E-state index contributed by atoms with van der Waals surface area (Å²) in [6, 6.07) is 6.89. The molecule has 1 aliphatic rings. The first kappa shape index (κ1) is 25.7. The summed E-state index contributed by atoms with van der Waals surface area (Å²) in [5.74, 6) is 1.09. The van der Waals surface area contributed by atoms with E-state index in [9.17, 15) is 4.79 Å². The lowest BCUT2D eigenvalue weighted by Crippen LogP contribution is -2.54. The summed E-state index contributed by atoms with van der Waals surface area (Å²) in [7, 11) is 0. The predicted octanol–water partition coefficient (Wildman–Crippen LogP) is 2.57. The standard InChI is InChI=1S/C22H37N5O.HI/c1-6-23-22(24-8-7-20-14-18(4)13-19(5)15-20)27-11-9-26(10-12-27)16-21(28)25-17(2)3;/h13-15,17H,6-12,16H2,1-5H3,(H,23,24)(H,25,28);1H. The minimum Gasteiger partial charge on any atom is -0.357 e. The highest BCUT2D eigenvalue weighted by molar-refractivity contribution is 14.0. The summed E-state index contributed by atoms with van der Waals surface area (Å²) in [5.41, 5.74) is 3.96. The van der Waals surface area contributed by atoms with Gasteiger partial charge in [-0.3, -0.25) is 14.7 Å². The minimum atomic E-state index is 0. The second kappa shape index (κ2) is 13.1. The second-order valence-corrected chi connectivity index (χ2v) is 7.97. The fraction of sp³-hybridized carbons (Fsp3) is 0.636. The van der Waals surface area contributed by atoms with Crippen molar-refractivity contribution in [1.82, 2.24) is 20.4 Å². The van der Waals surface area contributed by atoms with E-state index in [-0.39, 0.29) is 35.9 Å². The van der Waals surface area contributed by atoms with Gasteiger partial charge < -0.3 is 15.5 Å². The number of hydrogen-bond acceptors (Lipinski definition) is 3. The number of amides is 1. The van der Waals surface area contributed by atoms with Gasteiger partial charge in [0.1, 0.15) is 0 Å². The molecule has 2 rings (SSSR count). The largest absolute Gasteiger partial charge is 0.357 e. The fourth-order valence-electron chi connectivity index (χ4n) is 3.62. The average molecular weight is 515 g/mol. The second-order valence-electron chi connectivity index (χ2n) is 7.97. The van der Waals surface area contributed by atoms with Crippen molar-refractivity contribution in [3.8, 4) is 0 Å². The minimum absolute atomic E-state index is 0. The van der Waals surface area contributed by atoms with E-state index < -0.39 is 0 Å². The van der Waals surface area contributed by atoms with E-state index in [1.807, 2.05) is 13.8 Å². The summed E-state index contributed by atoms with van der Waals surface area (Å²) in [4.78, 5) is 21.3. The van der Waals surface area contributed by atoms with Crippen LogP contribution < -0.4 is 10.6 Å². The maximum absolute atomic E-state index is 12.0. The lowest BCUT2D eigenvalue weighted by Gasteiger charge is -2.36. The molecular formula is C22H38IN5O. The van der Waals surface area contributed by atoms with Crippen LogP contribution >= 0.6 is 24.0 Å². The van der Waals surface area contributed by atoms with Crippen molar-refractivity contribution < 1.29 is 4.79 Å². The number of aryl methyl sites for hydroxylation is 2. The van der Waals surface area contributed by atoms with Crippen LogP contribution in [0.5, 0.6) is 0 Å². The number of piperazine rings is 1. The number of nitrogens with zero attached hydrogens (tertiary/aromatic N) is 3. The van der Waals surface area contributed by atoms with E-state index in [2.05, 4.69) is 59.4 Å². The van der Waals surface area contributed by atoms with E-state index >= 15 is 0 Å². The number of guanidine groups is 1. The zero-order valence-electron chi connectivity index (χ0n) is 18.6. The van der Waals surface area contributed by atoms with Crippen molar-refractivity contribution in [3.63, 3.8) is 0 Å². The van der Waals surface area contributed by atoms with Gasteiger partial charge in [-0.15, -0.1) is 24.0 Å². The van der Waals surface area contributed by atoms with Crippen molar-refractivity contribution in [3.05, 3.63) is 34.9 Å². The number of carbonyl (C=O) groups is 1. The Kier molecular flexibility index (Phi) is 11.6. The van der Waals surface area contributed by atoms with Crippen LogP contribution in [0.15, 0.2) is 23.2 Å². The Morgan fingerprint density at radius 1 is 1.10 bits per heavy atom. The van der Waals surface area contributed by atoms with Crippen molar-refractivity contribution >= 4 is 35.8 Å². The molecule has 2 N–H and O–H groups in total. The third-order valence-electron chi connectivity index (χ3n) is 4.77. The number of nitrogens with one attached hydrogen (secondary N) is 2. The Labute approximate surface area is 193 Å². The summed E-state index contributed by atoms with van der Waals surface area (Å²) in [6.07, 6.45) is 0.951. The Hall–Kier alpha value is -1.35. The summed E-state index contributed by atoms with van der Waals surface area (Å²) < 4.78 is 0. The molecule has 6 nitrogen and oxygen atoms in total. The quantitative estimate of drug-likeness (QED) is 0.333. The molecule has 0 bridgehead atoms. The van der Waals surface area contributed by atoms with Crippen molar-refractivity contribution in [2.75, 3.05) is 45.8 Å². The topological polar surface area (TPSA) is 60.0 Å². The molecule has 1 heterocycles. The van der Waals surface area contributed by atoms with E-state index in [1.54, 1.807) is 0 Å².